The third kappa shape index (κ3) is 4.18. The molecule has 0 aliphatic carbocycles. The number of methoxy groups -OCH3 is 2. The normalized spacial score (nSPS) is 10.4. The molecule has 3 rings (SSSR count). The number of rotatable bonds is 7. The van der Waals surface area contributed by atoms with Gasteiger partial charge in [0.2, 0.25) is 0 Å². The van der Waals surface area contributed by atoms with E-state index in [1.54, 1.807) is 32.0 Å². The van der Waals surface area contributed by atoms with E-state index in [0.29, 0.717) is 30.2 Å². The summed E-state index contributed by atoms with van der Waals surface area (Å²) in [4.78, 5) is 20.7. The summed E-state index contributed by atoms with van der Waals surface area (Å²) >= 11 is 1.43. The van der Waals surface area contributed by atoms with Crippen LogP contribution in [0.2, 0.25) is 0 Å². The van der Waals surface area contributed by atoms with Crippen molar-refractivity contribution in [3.63, 3.8) is 0 Å². The van der Waals surface area contributed by atoms with Gasteiger partial charge >= 0.3 is 0 Å². The van der Waals surface area contributed by atoms with Crippen molar-refractivity contribution in [2.75, 3.05) is 20.8 Å². The Bertz CT molecular complexity index is 881. The molecule has 2 aromatic heterocycles. The monoisotopic (exact) mass is 369 g/mol. The standard InChI is InChI=1S/C19H19N3O3S/c1-24-16-6-5-13(10-17(16)25-2)7-9-21-18(23)15-12-26-19(22-15)14-4-3-8-20-11-14/h3-6,8,10-12H,7,9H2,1-2H3,(H,21,23). The van der Waals surface area contributed by atoms with Crippen LogP contribution in [0.4, 0.5) is 0 Å². The molecule has 0 radical (unpaired) electrons. The zero-order valence-corrected chi connectivity index (χ0v) is 15.4. The van der Waals surface area contributed by atoms with E-state index in [4.69, 9.17) is 9.47 Å². The van der Waals surface area contributed by atoms with Gasteiger partial charge in [-0.3, -0.25) is 9.78 Å². The number of hydrogen-bond acceptors (Lipinski definition) is 6. The summed E-state index contributed by atoms with van der Waals surface area (Å²) < 4.78 is 10.5. The van der Waals surface area contributed by atoms with Crippen molar-refractivity contribution in [1.82, 2.24) is 15.3 Å². The molecule has 7 heteroatoms. The quantitative estimate of drug-likeness (QED) is 0.692. The van der Waals surface area contributed by atoms with Gasteiger partial charge in [-0.2, -0.15) is 0 Å². The van der Waals surface area contributed by atoms with Gasteiger partial charge in [-0.15, -0.1) is 11.3 Å². The molecule has 0 saturated heterocycles. The first-order chi connectivity index (χ1) is 12.7. The molecule has 0 unspecified atom stereocenters. The number of nitrogens with one attached hydrogen (secondary N) is 1. The Labute approximate surface area is 155 Å². The van der Waals surface area contributed by atoms with Crippen molar-refractivity contribution in [2.24, 2.45) is 0 Å². The van der Waals surface area contributed by atoms with Crippen LogP contribution in [0.1, 0.15) is 16.1 Å². The Morgan fingerprint density at radius 3 is 2.77 bits per heavy atom. The zero-order valence-electron chi connectivity index (χ0n) is 14.6. The molecule has 0 saturated carbocycles. The van der Waals surface area contributed by atoms with Gasteiger partial charge < -0.3 is 14.8 Å². The number of thiazole rings is 1. The molecular weight excluding hydrogens is 350 g/mol. The van der Waals surface area contributed by atoms with Crippen molar-refractivity contribution in [1.29, 1.82) is 0 Å². The highest BCUT2D eigenvalue weighted by molar-refractivity contribution is 7.13. The Morgan fingerprint density at radius 2 is 2.04 bits per heavy atom. The highest BCUT2D eigenvalue weighted by Gasteiger charge is 2.12. The highest BCUT2D eigenvalue weighted by atomic mass is 32.1. The summed E-state index contributed by atoms with van der Waals surface area (Å²) in [7, 11) is 3.21. The zero-order chi connectivity index (χ0) is 18.4. The number of aromatic nitrogens is 2. The first kappa shape index (κ1) is 17.9. The SMILES string of the molecule is COc1ccc(CCNC(=O)c2csc(-c3cccnc3)n2)cc1OC. The predicted octanol–water partition coefficient (Wildman–Crippen LogP) is 3.19. The largest absolute Gasteiger partial charge is 0.493 e. The highest BCUT2D eigenvalue weighted by Crippen LogP contribution is 2.27. The maximum Gasteiger partial charge on any atom is 0.270 e. The van der Waals surface area contributed by atoms with Crippen LogP contribution in [0, 0.1) is 0 Å². The minimum absolute atomic E-state index is 0.183. The molecule has 0 aliphatic rings. The van der Waals surface area contributed by atoms with Crippen molar-refractivity contribution in [2.45, 2.75) is 6.42 Å². The van der Waals surface area contributed by atoms with Gasteiger partial charge in [0.25, 0.3) is 5.91 Å². The maximum absolute atomic E-state index is 12.3. The Kier molecular flexibility index (Phi) is 5.80. The van der Waals surface area contributed by atoms with E-state index in [1.165, 1.54) is 11.3 Å². The summed E-state index contributed by atoms with van der Waals surface area (Å²) in [5, 5.41) is 5.43. The molecular formula is C19H19N3O3S. The minimum Gasteiger partial charge on any atom is -0.493 e. The fourth-order valence-electron chi connectivity index (χ4n) is 2.45. The number of benzene rings is 1. The van der Waals surface area contributed by atoms with Gasteiger partial charge in [0.05, 0.1) is 14.2 Å². The van der Waals surface area contributed by atoms with E-state index >= 15 is 0 Å². The topological polar surface area (TPSA) is 73.3 Å². The first-order valence-corrected chi connectivity index (χ1v) is 8.94. The van der Waals surface area contributed by atoms with Gasteiger partial charge in [0.1, 0.15) is 10.7 Å². The summed E-state index contributed by atoms with van der Waals surface area (Å²) in [5.74, 6) is 1.18. The van der Waals surface area contributed by atoms with Crippen LogP contribution in [0.15, 0.2) is 48.1 Å². The van der Waals surface area contributed by atoms with Crippen molar-refractivity contribution < 1.29 is 14.3 Å². The van der Waals surface area contributed by atoms with Crippen molar-refractivity contribution in [3.05, 3.63) is 59.4 Å². The molecule has 1 aromatic carbocycles. The lowest BCUT2D eigenvalue weighted by Crippen LogP contribution is -2.25. The molecule has 134 valence electrons. The average molecular weight is 369 g/mol. The molecule has 6 nitrogen and oxygen atoms in total. The van der Waals surface area contributed by atoms with Gasteiger partial charge in [-0.25, -0.2) is 4.98 Å². The number of carbonyl (C=O) groups excluding carboxylic acids is 1. The third-order valence-corrected chi connectivity index (χ3v) is 4.68. The van der Waals surface area contributed by atoms with Crippen LogP contribution in [0.25, 0.3) is 10.6 Å². The Morgan fingerprint density at radius 1 is 1.19 bits per heavy atom. The van der Waals surface area contributed by atoms with E-state index in [0.717, 1.165) is 16.1 Å². The second kappa shape index (κ2) is 8.44. The summed E-state index contributed by atoms with van der Waals surface area (Å²) in [6.07, 6.45) is 4.13. The van der Waals surface area contributed by atoms with Gasteiger partial charge in [0.15, 0.2) is 11.5 Å². The Balaban J connectivity index is 1.57. The van der Waals surface area contributed by atoms with E-state index < -0.39 is 0 Å². The first-order valence-electron chi connectivity index (χ1n) is 8.06. The van der Waals surface area contributed by atoms with Crippen LogP contribution >= 0.6 is 11.3 Å². The third-order valence-electron chi connectivity index (χ3n) is 3.79. The molecule has 26 heavy (non-hydrogen) atoms. The number of carbonyl (C=O) groups is 1. The number of pyridine rings is 1. The molecule has 0 fully saturated rings. The fraction of sp³-hybridized carbons (Fsp3) is 0.211. The summed E-state index contributed by atoms with van der Waals surface area (Å²) in [5.41, 5.74) is 2.38. The van der Waals surface area contributed by atoms with E-state index in [2.05, 4.69) is 15.3 Å². The molecule has 1 N–H and O–H groups in total. The molecule has 0 atom stereocenters. The lowest BCUT2D eigenvalue weighted by molar-refractivity contribution is 0.0950. The maximum atomic E-state index is 12.3. The van der Waals surface area contributed by atoms with E-state index in [-0.39, 0.29) is 5.91 Å². The average Bonchev–Trinajstić information content (AvgIpc) is 3.19. The fourth-order valence-corrected chi connectivity index (χ4v) is 3.24. The van der Waals surface area contributed by atoms with Crippen molar-refractivity contribution in [3.8, 4) is 22.1 Å². The van der Waals surface area contributed by atoms with E-state index in [9.17, 15) is 4.79 Å². The Hall–Kier alpha value is -2.93. The number of amides is 1. The molecule has 1 amide bonds. The lowest BCUT2D eigenvalue weighted by Gasteiger charge is -2.09. The van der Waals surface area contributed by atoms with Gasteiger partial charge in [-0.05, 0) is 36.2 Å². The minimum atomic E-state index is -0.183. The summed E-state index contributed by atoms with van der Waals surface area (Å²) in [6, 6.07) is 9.49. The molecule has 0 spiro atoms. The smallest absolute Gasteiger partial charge is 0.270 e. The van der Waals surface area contributed by atoms with Crippen molar-refractivity contribution >= 4 is 17.2 Å². The predicted molar refractivity (Wildman–Crippen MR) is 101 cm³/mol. The van der Waals surface area contributed by atoms with Crippen LogP contribution in [-0.2, 0) is 6.42 Å². The second-order valence-electron chi connectivity index (χ2n) is 5.47. The second-order valence-corrected chi connectivity index (χ2v) is 6.33. The van der Waals surface area contributed by atoms with Crippen LogP contribution in [0.3, 0.4) is 0 Å². The van der Waals surface area contributed by atoms with Gasteiger partial charge in [0, 0.05) is 29.9 Å². The van der Waals surface area contributed by atoms with E-state index in [1.807, 2.05) is 30.3 Å². The van der Waals surface area contributed by atoms with Crippen LogP contribution in [-0.4, -0.2) is 36.6 Å². The number of ether oxygens (including phenoxy) is 2. The summed E-state index contributed by atoms with van der Waals surface area (Å²) in [6.45, 7) is 0.508. The van der Waals surface area contributed by atoms with Crippen LogP contribution in [0.5, 0.6) is 11.5 Å². The molecule has 2 heterocycles. The number of nitrogens with zero attached hydrogens (tertiary/aromatic N) is 2. The molecule has 3 aromatic rings. The number of hydrogen-bond donors (Lipinski definition) is 1. The van der Waals surface area contributed by atoms with Crippen LogP contribution < -0.4 is 14.8 Å². The van der Waals surface area contributed by atoms with Gasteiger partial charge in [-0.1, -0.05) is 6.07 Å². The molecule has 0 aliphatic heterocycles. The lowest BCUT2D eigenvalue weighted by atomic mass is 10.1. The molecule has 0 bridgehead atoms.